The lowest BCUT2D eigenvalue weighted by Gasteiger charge is -2.16. The SMILES string of the molecule is C[C@@H](NC(=O)c1ccccc1NC(=O)COC(=O)c1ccc(=O)n(Cc2ccccc2)n1)c1ccccc1. The van der Waals surface area contributed by atoms with Crippen LogP contribution in [-0.2, 0) is 16.1 Å². The summed E-state index contributed by atoms with van der Waals surface area (Å²) < 4.78 is 6.25. The summed E-state index contributed by atoms with van der Waals surface area (Å²) in [7, 11) is 0. The minimum atomic E-state index is -0.857. The molecule has 38 heavy (non-hydrogen) atoms. The number of benzene rings is 3. The number of esters is 1. The topological polar surface area (TPSA) is 119 Å². The van der Waals surface area contributed by atoms with E-state index in [1.807, 2.05) is 67.6 Å². The highest BCUT2D eigenvalue weighted by Gasteiger charge is 2.18. The van der Waals surface area contributed by atoms with Gasteiger partial charge in [0.15, 0.2) is 12.3 Å². The van der Waals surface area contributed by atoms with E-state index in [9.17, 15) is 19.2 Å². The maximum absolute atomic E-state index is 12.9. The highest BCUT2D eigenvalue weighted by atomic mass is 16.5. The van der Waals surface area contributed by atoms with Gasteiger partial charge < -0.3 is 15.4 Å². The van der Waals surface area contributed by atoms with Crippen molar-refractivity contribution in [3.63, 3.8) is 0 Å². The van der Waals surface area contributed by atoms with Gasteiger partial charge >= 0.3 is 5.97 Å². The van der Waals surface area contributed by atoms with E-state index >= 15 is 0 Å². The molecule has 0 aliphatic carbocycles. The first kappa shape index (κ1) is 26.0. The van der Waals surface area contributed by atoms with Crippen LogP contribution in [0.2, 0.25) is 0 Å². The third-order valence-corrected chi connectivity index (χ3v) is 5.68. The first-order chi connectivity index (χ1) is 18.4. The van der Waals surface area contributed by atoms with E-state index in [2.05, 4.69) is 15.7 Å². The molecule has 0 bridgehead atoms. The van der Waals surface area contributed by atoms with Gasteiger partial charge in [0.2, 0.25) is 0 Å². The fraction of sp³-hybridized carbons (Fsp3) is 0.138. The smallest absolute Gasteiger partial charge is 0.359 e. The maximum atomic E-state index is 12.9. The van der Waals surface area contributed by atoms with Crippen molar-refractivity contribution in [2.75, 3.05) is 11.9 Å². The van der Waals surface area contributed by atoms with E-state index in [1.54, 1.807) is 24.3 Å². The molecule has 0 aliphatic heterocycles. The summed E-state index contributed by atoms with van der Waals surface area (Å²) in [6, 6.07) is 27.5. The Bertz CT molecular complexity index is 1490. The zero-order valence-electron chi connectivity index (χ0n) is 20.7. The van der Waals surface area contributed by atoms with Gasteiger partial charge in [-0.15, -0.1) is 0 Å². The van der Waals surface area contributed by atoms with Gasteiger partial charge in [-0.3, -0.25) is 14.4 Å². The second-order valence-corrected chi connectivity index (χ2v) is 8.48. The van der Waals surface area contributed by atoms with Crippen LogP contribution in [0.5, 0.6) is 0 Å². The maximum Gasteiger partial charge on any atom is 0.359 e. The molecule has 2 N–H and O–H groups in total. The normalized spacial score (nSPS) is 11.3. The molecular weight excluding hydrogens is 484 g/mol. The number of rotatable bonds is 9. The Labute approximate surface area is 219 Å². The first-order valence-electron chi connectivity index (χ1n) is 11.9. The molecule has 0 radical (unpaired) electrons. The van der Waals surface area contributed by atoms with E-state index in [1.165, 1.54) is 12.1 Å². The molecule has 0 fully saturated rings. The second-order valence-electron chi connectivity index (χ2n) is 8.48. The lowest BCUT2D eigenvalue weighted by atomic mass is 10.1. The Morgan fingerprint density at radius 2 is 1.53 bits per heavy atom. The number of anilines is 1. The van der Waals surface area contributed by atoms with Crippen molar-refractivity contribution >= 4 is 23.5 Å². The third-order valence-electron chi connectivity index (χ3n) is 5.68. The fourth-order valence-electron chi connectivity index (χ4n) is 3.71. The molecule has 1 atom stereocenters. The molecule has 4 aromatic rings. The summed E-state index contributed by atoms with van der Waals surface area (Å²) in [5, 5.41) is 9.59. The molecule has 9 heteroatoms. The van der Waals surface area contributed by atoms with Crippen LogP contribution in [0.4, 0.5) is 5.69 Å². The molecular formula is C29H26N4O5. The van der Waals surface area contributed by atoms with E-state index in [-0.39, 0.29) is 41.0 Å². The van der Waals surface area contributed by atoms with Crippen LogP contribution in [0.3, 0.4) is 0 Å². The number of ether oxygens (including phenoxy) is 1. The molecule has 0 unspecified atom stereocenters. The summed E-state index contributed by atoms with van der Waals surface area (Å²) in [5.41, 5.74) is 1.85. The van der Waals surface area contributed by atoms with Crippen molar-refractivity contribution in [2.45, 2.75) is 19.5 Å². The molecule has 0 saturated carbocycles. The number of nitrogens with one attached hydrogen (secondary N) is 2. The Balaban J connectivity index is 1.36. The summed E-state index contributed by atoms with van der Waals surface area (Å²) in [6.45, 7) is 1.45. The standard InChI is InChI=1S/C29H26N4O5/c1-20(22-12-6-3-7-13-22)30-28(36)23-14-8-9-15-24(23)31-26(34)19-38-29(37)25-16-17-27(35)33(32-25)18-21-10-4-2-5-11-21/h2-17,20H,18-19H2,1H3,(H,30,36)(H,31,34)/t20-/m1/s1. The van der Waals surface area contributed by atoms with Gasteiger partial charge in [0.1, 0.15) is 0 Å². The van der Waals surface area contributed by atoms with Crippen molar-refractivity contribution in [3.8, 4) is 0 Å². The molecule has 4 rings (SSSR count). The Hall–Kier alpha value is -5.05. The second kappa shape index (κ2) is 12.3. The number of nitrogens with zero attached hydrogens (tertiary/aromatic N) is 2. The molecule has 0 saturated heterocycles. The monoisotopic (exact) mass is 510 g/mol. The first-order valence-corrected chi connectivity index (χ1v) is 11.9. The number of aromatic nitrogens is 2. The van der Waals surface area contributed by atoms with Crippen LogP contribution in [0.1, 0.15) is 44.9 Å². The van der Waals surface area contributed by atoms with Crippen molar-refractivity contribution in [2.24, 2.45) is 0 Å². The Morgan fingerprint density at radius 1 is 0.868 bits per heavy atom. The molecule has 192 valence electrons. The lowest BCUT2D eigenvalue weighted by molar-refractivity contribution is -0.119. The molecule has 0 aliphatic rings. The fourth-order valence-corrected chi connectivity index (χ4v) is 3.71. The van der Waals surface area contributed by atoms with Crippen molar-refractivity contribution in [1.82, 2.24) is 15.1 Å². The Kier molecular flexibility index (Phi) is 8.40. The van der Waals surface area contributed by atoms with Crippen molar-refractivity contribution < 1.29 is 19.1 Å². The number of hydrogen-bond acceptors (Lipinski definition) is 6. The average Bonchev–Trinajstić information content (AvgIpc) is 2.94. The van der Waals surface area contributed by atoms with Crippen LogP contribution in [0, 0.1) is 0 Å². The Morgan fingerprint density at radius 3 is 2.26 bits per heavy atom. The van der Waals surface area contributed by atoms with Crippen LogP contribution in [-0.4, -0.2) is 34.2 Å². The predicted octanol–water partition coefficient (Wildman–Crippen LogP) is 3.58. The van der Waals surface area contributed by atoms with E-state index in [4.69, 9.17) is 4.74 Å². The van der Waals surface area contributed by atoms with Gasteiger partial charge in [-0.1, -0.05) is 72.8 Å². The quantitative estimate of drug-likeness (QED) is 0.332. The zero-order chi connectivity index (χ0) is 26.9. The van der Waals surface area contributed by atoms with Crippen LogP contribution < -0.4 is 16.2 Å². The number of hydrogen-bond donors (Lipinski definition) is 2. The van der Waals surface area contributed by atoms with E-state index in [0.29, 0.717) is 0 Å². The molecule has 3 aromatic carbocycles. The highest BCUT2D eigenvalue weighted by molar-refractivity contribution is 6.04. The van der Waals surface area contributed by atoms with Crippen LogP contribution in [0.15, 0.2) is 102 Å². The number of amides is 2. The summed E-state index contributed by atoms with van der Waals surface area (Å²) in [6.07, 6.45) is 0. The molecule has 1 heterocycles. The van der Waals surface area contributed by atoms with Crippen LogP contribution in [0.25, 0.3) is 0 Å². The highest BCUT2D eigenvalue weighted by Crippen LogP contribution is 2.18. The summed E-state index contributed by atoms with van der Waals surface area (Å²) in [5.74, 6) is -1.85. The number of carbonyl (C=O) groups is 3. The minimum Gasteiger partial charge on any atom is -0.451 e. The van der Waals surface area contributed by atoms with Gasteiger partial charge in [0.05, 0.1) is 23.8 Å². The van der Waals surface area contributed by atoms with Gasteiger partial charge in [0.25, 0.3) is 17.4 Å². The molecule has 0 spiro atoms. The predicted molar refractivity (Wildman–Crippen MR) is 142 cm³/mol. The van der Waals surface area contributed by atoms with Gasteiger partial charge in [0, 0.05) is 6.07 Å². The third kappa shape index (κ3) is 6.79. The largest absolute Gasteiger partial charge is 0.451 e. The van der Waals surface area contributed by atoms with Crippen molar-refractivity contribution in [1.29, 1.82) is 0 Å². The summed E-state index contributed by atoms with van der Waals surface area (Å²) in [4.78, 5) is 50.1. The number of para-hydroxylation sites is 1. The average molecular weight is 511 g/mol. The van der Waals surface area contributed by atoms with Gasteiger partial charge in [-0.2, -0.15) is 5.10 Å². The molecule has 2 amide bonds. The zero-order valence-corrected chi connectivity index (χ0v) is 20.7. The van der Waals surface area contributed by atoms with Crippen molar-refractivity contribution in [3.05, 3.63) is 130 Å². The van der Waals surface area contributed by atoms with E-state index < -0.39 is 18.5 Å². The van der Waals surface area contributed by atoms with Crippen LogP contribution >= 0.6 is 0 Å². The minimum absolute atomic E-state index is 0.108. The molecule has 1 aromatic heterocycles. The number of carbonyl (C=O) groups excluding carboxylic acids is 3. The van der Waals surface area contributed by atoms with Gasteiger partial charge in [-0.05, 0) is 36.2 Å². The summed E-state index contributed by atoms with van der Waals surface area (Å²) >= 11 is 0. The molecule has 9 nitrogen and oxygen atoms in total. The van der Waals surface area contributed by atoms with Gasteiger partial charge in [-0.25, -0.2) is 9.48 Å². The lowest BCUT2D eigenvalue weighted by Crippen LogP contribution is -2.29. The van der Waals surface area contributed by atoms with E-state index in [0.717, 1.165) is 15.8 Å².